The van der Waals surface area contributed by atoms with E-state index in [-0.39, 0.29) is 16.8 Å². The first-order valence-electron chi connectivity index (χ1n) is 7.28. The van der Waals surface area contributed by atoms with Crippen LogP contribution in [0.5, 0.6) is 11.5 Å². The van der Waals surface area contributed by atoms with E-state index in [2.05, 4.69) is 4.98 Å². The summed E-state index contributed by atoms with van der Waals surface area (Å²) in [5, 5.41) is 10.6. The molecule has 0 aliphatic rings. The number of rotatable bonds is 4. The van der Waals surface area contributed by atoms with Crippen molar-refractivity contribution in [2.75, 3.05) is 0 Å². The Labute approximate surface area is 132 Å². The van der Waals surface area contributed by atoms with Crippen molar-refractivity contribution >= 4 is 10.9 Å². The third kappa shape index (κ3) is 3.00. The maximum atomic E-state index is 14.0. The van der Waals surface area contributed by atoms with Crippen LogP contribution in [-0.4, -0.2) is 10.1 Å². The lowest BCUT2D eigenvalue weighted by Gasteiger charge is -2.15. The Kier molecular flexibility index (Phi) is 4.21. The van der Waals surface area contributed by atoms with Crippen LogP contribution in [0.3, 0.4) is 0 Å². The summed E-state index contributed by atoms with van der Waals surface area (Å²) >= 11 is 0. The molecule has 0 saturated carbocycles. The molecule has 2 aromatic carbocycles. The SMILES string of the molecule is CCC(O)c1c(F)cccc1Oc1cnc2c(F)cccc2c1. The molecule has 3 rings (SSSR count). The monoisotopic (exact) mass is 315 g/mol. The van der Waals surface area contributed by atoms with Crippen LogP contribution in [0.25, 0.3) is 10.9 Å². The van der Waals surface area contributed by atoms with Crippen molar-refractivity contribution in [1.82, 2.24) is 4.98 Å². The minimum atomic E-state index is -0.961. The van der Waals surface area contributed by atoms with Crippen LogP contribution in [0.15, 0.2) is 48.7 Å². The molecular weight excluding hydrogens is 300 g/mol. The van der Waals surface area contributed by atoms with E-state index in [4.69, 9.17) is 4.74 Å². The maximum absolute atomic E-state index is 14.0. The summed E-state index contributed by atoms with van der Waals surface area (Å²) in [5.41, 5.74) is 0.349. The van der Waals surface area contributed by atoms with Gasteiger partial charge in [-0.3, -0.25) is 0 Å². The number of aliphatic hydroxyl groups is 1. The third-order valence-corrected chi connectivity index (χ3v) is 3.60. The van der Waals surface area contributed by atoms with Crippen LogP contribution in [0.1, 0.15) is 25.0 Å². The summed E-state index contributed by atoms with van der Waals surface area (Å²) in [5.74, 6) is -0.381. The van der Waals surface area contributed by atoms with Crippen LogP contribution < -0.4 is 4.74 Å². The van der Waals surface area contributed by atoms with Gasteiger partial charge in [0.15, 0.2) is 0 Å². The van der Waals surface area contributed by atoms with Gasteiger partial charge in [0.05, 0.1) is 17.9 Å². The molecule has 3 aromatic rings. The fourth-order valence-corrected chi connectivity index (χ4v) is 2.42. The first kappa shape index (κ1) is 15.4. The number of para-hydroxylation sites is 1. The molecule has 1 heterocycles. The summed E-state index contributed by atoms with van der Waals surface area (Å²) in [4.78, 5) is 4.04. The Morgan fingerprint density at radius 3 is 2.65 bits per heavy atom. The van der Waals surface area contributed by atoms with Gasteiger partial charge in [-0.15, -0.1) is 0 Å². The number of halogens is 2. The highest BCUT2D eigenvalue weighted by atomic mass is 19.1. The Balaban J connectivity index is 2.01. The van der Waals surface area contributed by atoms with Gasteiger partial charge in [-0.2, -0.15) is 0 Å². The second-order valence-corrected chi connectivity index (χ2v) is 5.16. The molecular formula is C18H15F2NO2. The molecule has 1 unspecified atom stereocenters. The van der Waals surface area contributed by atoms with Gasteiger partial charge < -0.3 is 9.84 Å². The average molecular weight is 315 g/mol. The summed E-state index contributed by atoms with van der Waals surface area (Å²) in [7, 11) is 0. The molecule has 1 N–H and O–H groups in total. The van der Waals surface area contributed by atoms with Gasteiger partial charge in [0, 0.05) is 5.39 Å². The van der Waals surface area contributed by atoms with Gasteiger partial charge in [0.25, 0.3) is 0 Å². The van der Waals surface area contributed by atoms with E-state index in [1.807, 2.05) is 0 Å². The van der Waals surface area contributed by atoms with Crippen molar-refractivity contribution < 1.29 is 18.6 Å². The van der Waals surface area contributed by atoms with Crippen molar-refractivity contribution in [3.63, 3.8) is 0 Å². The Morgan fingerprint density at radius 2 is 1.87 bits per heavy atom. The van der Waals surface area contributed by atoms with Crippen molar-refractivity contribution in [2.24, 2.45) is 0 Å². The Bertz CT molecular complexity index is 852. The lowest BCUT2D eigenvalue weighted by molar-refractivity contribution is 0.165. The number of nitrogens with zero attached hydrogens (tertiary/aromatic N) is 1. The quantitative estimate of drug-likeness (QED) is 0.755. The van der Waals surface area contributed by atoms with Gasteiger partial charge in [0.2, 0.25) is 0 Å². The molecule has 5 heteroatoms. The molecule has 23 heavy (non-hydrogen) atoms. The summed E-state index contributed by atoms with van der Waals surface area (Å²) in [6.45, 7) is 1.75. The largest absolute Gasteiger partial charge is 0.455 e. The standard InChI is InChI=1S/C18H15F2NO2/c1-2-15(22)17-13(19)6-4-8-16(17)23-12-9-11-5-3-7-14(20)18(11)21-10-12/h3-10,15,22H,2H2,1H3. The predicted molar refractivity (Wildman–Crippen MR) is 83.4 cm³/mol. The molecule has 0 amide bonds. The minimum Gasteiger partial charge on any atom is -0.455 e. The van der Waals surface area contributed by atoms with Crippen molar-refractivity contribution in [3.05, 3.63) is 65.9 Å². The van der Waals surface area contributed by atoms with Gasteiger partial charge in [0.1, 0.15) is 28.7 Å². The Morgan fingerprint density at radius 1 is 1.13 bits per heavy atom. The number of ether oxygens (including phenoxy) is 1. The van der Waals surface area contributed by atoms with Gasteiger partial charge in [-0.1, -0.05) is 25.1 Å². The lowest BCUT2D eigenvalue weighted by atomic mass is 10.1. The number of fused-ring (bicyclic) bond motifs is 1. The summed E-state index contributed by atoms with van der Waals surface area (Å²) < 4.78 is 33.3. The predicted octanol–water partition coefficient (Wildman–Crippen LogP) is 4.75. The van der Waals surface area contributed by atoms with E-state index < -0.39 is 17.7 Å². The van der Waals surface area contributed by atoms with Crippen LogP contribution in [0.4, 0.5) is 8.78 Å². The van der Waals surface area contributed by atoms with E-state index in [0.29, 0.717) is 17.6 Å². The molecule has 0 spiro atoms. The fraction of sp³-hybridized carbons (Fsp3) is 0.167. The minimum absolute atomic E-state index is 0.106. The first-order valence-corrected chi connectivity index (χ1v) is 7.28. The van der Waals surface area contributed by atoms with Crippen molar-refractivity contribution in [2.45, 2.75) is 19.4 Å². The normalized spacial score (nSPS) is 12.3. The Hall–Kier alpha value is -2.53. The maximum Gasteiger partial charge on any atom is 0.149 e. The molecule has 118 valence electrons. The smallest absolute Gasteiger partial charge is 0.149 e. The van der Waals surface area contributed by atoms with E-state index in [0.717, 1.165) is 0 Å². The lowest BCUT2D eigenvalue weighted by Crippen LogP contribution is -2.02. The van der Waals surface area contributed by atoms with Crippen LogP contribution >= 0.6 is 0 Å². The molecule has 0 bridgehead atoms. The topological polar surface area (TPSA) is 42.4 Å². The van der Waals surface area contributed by atoms with Gasteiger partial charge >= 0.3 is 0 Å². The molecule has 1 aromatic heterocycles. The average Bonchev–Trinajstić information content (AvgIpc) is 2.54. The van der Waals surface area contributed by atoms with E-state index in [1.165, 1.54) is 24.4 Å². The number of aliphatic hydroxyl groups excluding tert-OH is 1. The molecule has 0 fully saturated rings. The molecule has 0 aliphatic carbocycles. The second-order valence-electron chi connectivity index (χ2n) is 5.16. The van der Waals surface area contributed by atoms with Crippen LogP contribution in [0, 0.1) is 11.6 Å². The molecule has 3 nitrogen and oxygen atoms in total. The zero-order valence-corrected chi connectivity index (χ0v) is 12.5. The number of hydrogen-bond acceptors (Lipinski definition) is 3. The second kappa shape index (κ2) is 6.30. The number of hydrogen-bond donors (Lipinski definition) is 1. The fourth-order valence-electron chi connectivity index (χ4n) is 2.42. The number of aromatic nitrogens is 1. The highest BCUT2D eigenvalue weighted by Gasteiger charge is 2.17. The van der Waals surface area contributed by atoms with E-state index in [9.17, 15) is 13.9 Å². The van der Waals surface area contributed by atoms with E-state index in [1.54, 1.807) is 31.2 Å². The van der Waals surface area contributed by atoms with Crippen LogP contribution in [-0.2, 0) is 0 Å². The highest BCUT2D eigenvalue weighted by molar-refractivity contribution is 5.80. The third-order valence-electron chi connectivity index (χ3n) is 3.60. The first-order chi connectivity index (χ1) is 11.1. The zero-order valence-electron chi connectivity index (χ0n) is 12.5. The molecule has 0 saturated heterocycles. The van der Waals surface area contributed by atoms with Crippen LogP contribution in [0.2, 0.25) is 0 Å². The molecule has 0 aliphatic heterocycles. The highest BCUT2D eigenvalue weighted by Crippen LogP contribution is 2.33. The van der Waals surface area contributed by atoms with E-state index >= 15 is 0 Å². The van der Waals surface area contributed by atoms with Gasteiger partial charge in [-0.25, -0.2) is 13.8 Å². The molecule has 0 radical (unpaired) electrons. The number of pyridine rings is 1. The van der Waals surface area contributed by atoms with Crippen molar-refractivity contribution in [3.8, 4) is 11.5 Å². The molecule has 1 atom stereocenters. The summed E-state index contributed by atoms with van der Waals surface area (Å²) in [6, 6.07) is 10.6. The summed E-state index contributed by atoms with van der Waals surface area (Å²) in [6.07, 6.45) is 0.772. The zero-order chi connectivity index (χ0) is 16.4. The van der Waals surface area contributed by atoms with Crippen molar-refractivity contribution in [1.29, 1.82) is 0 Å². The van der Waals surface area contributed by atoms with Gasteiger partial charge in [-0.05, 0) is 30.7 Å². The number of benzene rings is 2.